The Morgan fingerprint density at radius 1 is 0.962 bits per heavy atom. The van der Waals surface area contributed by atoms with Crippen LogP contribution in [0.1, 0.15) is 22.7 Å². The van der Waals surface area contributed by atoms with Crippen LogP contribution in [0.15, 0.2) is 73.3 Å². The molecule has 0 saturated carbocycles. The van der Waals surface area contributed by atoms with Crippen LogP contribution < -0.4 is 10.6 Å². The minimum Gasteiger partial charge on any atom is -0.508 e. The number of aromatic hydroxyl groups is 1. The van der Waals surface area contributed by atoms with Crippen LogP contribution in [0.2, 0.25) is 0 Å². The van der Waals surface area contributed by atoms with Crippen molar-refractivity contribution in [2.24, 2.45) is 0 Å². The molecule has 6 heteroatoms. The van der Waals surface area contributed by atoms with Gasteiger partial charge in [-0.2, -0.15) is 0 Å². The molecule has 3 rings (SSSR count). The lowest BCUT2D eigenvalue weighted by Crippen LogP contribution is -2.37. The molecule has 2 heterocycles. The molecule has 0 bridgehead atoms. The first-order valence-corrected chi connectivity index (χ1v) is 8.30. The second-order valence-corrected chi connectivity index (χ2v) is 5.85. The maximum atomic E-state index is 12.8. The minimum atomic E-state index is -0.598. The molecule has 0 aliphatic rings. The molecule has 0 saturated heterocycles. The molecule has 132 valence electrons. The summed E-state index contributed by atoms with van der Waals surface area (Å²) in [7, 11) is 0. The van der Waals surface area contributed by atoms with Gasteiger partial charge >= 0.3 is 0 Å². The lowest BCUT2D eigenvalue weighted by molar-refractivity contribution is -0.123. The van der Waals surface area contributed by atoms with Crippen molar-refractivity contribution in [3.05, 3.63) is 90.0 Å². The Morgan fingerprint density at radius 3 is 2.27 bits per heavy atom. The van der Waals surface area contributed by atoms with E-state index in [4.69, 9.17) is 0 Å². The van der Waals surface area contributed by atoms with Gasteiger partial charge in [0.05, 0.1) is 0 Å². The maximum Gasteiger partial charge on any atom is 0.242 e. The van der Waals surface area contributed by atoms with Crippen molar-refractivity contribution < 1.29 is 9.90 Å². The van der Waals surface area contributed by atoms with Crippen molar-refractivity contribution >= 4 is 5.91 Å². The summed E-state index contributed by atoms with van der Waals surface area (Å²) < 4.78 is 0. The smallest absolute Gasteiger partial charge is 0.242 e. The molecule has 1 atom stereocenters. The first kappa shape index (κ1) is 17.6. The summed E-state index contributed by atoms with van der Waals surface area (Å²) in [5, 5.41) is 15.9. The van der Waals surface area contributed by atoms with Crippen LogP contribution in [0.25, 0.3) is 0 Å². The fourth-order valence-corrected chi connectivity index (χ4v) is 2.58. The van der Waals surface area contributed by atoms with Gasteiger partial charge in [0.2, 0.25) is 5.91 Å². The molecule has 6 nitrogen and oxygen atoms in total. The van der Waals surface area contributed by atoms with Crippen molar-refractivity contribution in [2.75, 3.05) is 0 Å². The van der Waals surface area contributed by atoms with Crippen LogP contribution in [-0.2, 0) is 17.9 Å². The Balaban J connectivity index is 1.72. The molecule has 1 unspecified atom stereocenters. The van der Waals surface area contributed by atoms with Crippen molar-refractivity contribution in [3.8, 4) is 5.75 Å². The zero-order valence-corrected chi connectivity index (χ0v) is 14.2. The molecule has 3 N–H and O–H groups in total. The van der Waals surface area contributed by atoms with Crippen molar-refractivity contribution in [2.45, 2.75) is 19.1 Å². The van der Waals surface area contributed by atoms with Crippen LogP contribution in [-0.4, -0.2) is 21.0 Å². The number of rotatable bonds is 7. The molecule has 26 heavy (non-hydrogen) atoms. The molecule has 1 amide bonds. The third-order valence-corrected chi connectivity index (χ3v) is 3.89. The summed E-state index contributed by atoms with van der Waals surface area (Å²) >= 11 is 0. The molecule has 3 aromatic rings. The largest absolute Gasteiger partial charge is 0.508 e. The van der Waals surface area contributed by atoms with Gasteiger partial charge in [0.15, 0.2) is 0 Å². The minimum absolute atomic E-state index is 0.121. The average Bonchev–Trinajstić information content (AvgIpc) is 2.68. The van der Waals surface area contributed by atoms with Gasteiger partial charge < -0.3 is 10.4 Å². The first-order valence-electron chi connectivity index (χ1n) is 8.30. The van der Waals surface area contributed by atoms with Gasteiger partial charge in [0, 0.05) is 37.9 Å². The van der Waals surface area contributed by atoms with Gasteiger partial charge in [-0.25, -0.2) is 0 Å². The van der Waals surface area contributed by atoms with E-state index in [9.17, 15) is 9.90 Å². The molecular formula is C20H20N4O2. The first-order chi connectivity index (χ1) is 12.7. The molecule has 1 aromatic carbocycles. The van der Waals surface area contributed by atoms with Crippen LogP contribution >= 0.6 is 0 Å². The number of benzene rings is 1. The highest BCUT2D eigenvalue weighted by Gasteiger charge is 2.20. The second-order valence-electron chi connectivity index (χ2n) is 5.85. The Hall–Kier alpha value is -3.25. The Kier molecular flexibility index (Phi) is 5.90. The van der Waals surface area contributed by atoms with E-state index in [0.717, 1.165) is 11.1 Å². The highest BCUT2D eigenvalue weighted by atomic mass is 16.3. The zero-order valence-electron chi connectivity index (χ0n) is 14.2. The lowest BCUT2D eigenvalue weighted by atomic mass is 10.0. The summed E-state index contributed by atoms with van der Waals surface area (Å²) in [6.45, 7) is 0.866. The number of amides is 1. The number of carbonyl (C=O) groups excluding carboxylic acids is 1. The van der Waals surface area contributed by atoms with Gasteiger partial charge in [-0.1, -0.05) is 24.3 Å². The number of hydrogen-bond acceptors (Lipinski definition) is 5. The standard InChI is InChI=1S/C20H20N4O2/c25-18-7-1-6-17(10-18)19(23-13-15-4-2-8-21-11-15)20(26)24-14-16-5-3-9-22-12-16/h1-12,19,23,25H,13-14H2,(H,24,26). The quantitative estimate of drug-likeness (QED) is 0.610. The van der Waals surface area contributed by atoms with E-state index < -0.39 is 6.04 Å². The average molecular weight is 348 g/mol. The highest BCUT2D eigenvalue weighted by Crippen LogP contribution is 2.19. The van der Waals surface area contributed by atoms with E-state index in [0.29, 0.717) is 18.7 Å². The fraction of sp³-hybridized carbons (Fsp3) is 0.150. The third-order valence-electron chi connectivity index (χ3n) is 3.89. The summed E-state index contributed by atoms with van der Waals surface area (Å²) in [6.07, 6.45) is 6.86. The predicted octanol–water partition coefficient (Wildman–Crippen LogP) is 2.33. The van der Waals surface area contributed by atoms with Crippen LogP contribution in [0.5, 0.6) is 5.75 Å². The number of pyridine rings is 2. The van der Waals surface area contributed by atoms with Crippen LogP contribution in [0.4, 0.5) is 0 Å². The number of carbonyl (C=O) groups is 1. The zero-order chi connectivity index (χ0) is 18.2. The summed E-state index contributed by atoms with van der Waals surface area (Å²) in [5.74, 6) is -0.0564. The van der Waals surface area contributed by atoms with Gasteiger partial charge in [-0.05, 0) is 41.0 Å². The fourth-order valence-electron chi connectivity index (χ4n) is 2.58. The number of hydrogen-bond donors (Lipinski definition) is 3. The Bertz CT molecular complexity index is 841. The van der Waals surface area contributed by atoms with E-state index in [2.05, 4.69) is 20.6 Å². The third kappa shape index (κ3) is 4.87. The van der Waals surface area contributed by atoms with E-state index >= 15 is 0 Å². The van der Waals surface area contributed by atoms with Gasteiger partial charge in [0.1, 0.15) is 11.8 Å². The summed E-state index contributed by atoms with van der Waals surface area (Å²) in [4.78, 5) is 20.9. The number of nitrogens with zero attached hydrogens (tertiary/aromatic N) is 2. The molecule has 0 aliphatic heterocycles. The van der Waals surface area contributed by atoms with Crippen LogP contribution in [0, 0.1) is 0 Å². The van der Waals surface area contributed by atoms with Crippen LogP contribution in [0.3, 0.4) is 0 Å². The molecule has 0 radical (unpaired) electrons. The van der Waals surface area contributed by atoms with Crippen molar-refractivity contribution in [1.29, 1.82) is 0 Å². The maximum absolute atomic E-state index is 12.8. The van der Waals surface area contributed by atoms with Gasteiger partial charge in [0.25, 0.3) is 0 Å². The molecule has 0 aliphatic carbocycles. The number of phenols is 1. The second kappa shape index (κ2) is 8.73. The number of phenolic OH excluding ortho intramolecular Hbond substituents is 1. The lowest BCUT2D eigenvalue weighted by Gasteiger charge is -2.19. The highest BCUT2D eigenvalue weighted by molar-refractivity contribution is 5.83. The van der Waals surface area contributed by atoms with E-state index in [1.54, 1.807) is 43.0 Å². The van der Waals surface area contributed by atoms with E-state index in [-0.39, 0.29) is 11.7 Å². The predicted molar refractivity (Wildman–Crippen MR) is 98.0 cm³/mol. The van der Waals surface area contributed by atoms with E-state index in [1.165, 1.54) is 0 Å². The number of aromatic nitrogens is 2. The topological polar surface area (TPSA) is 87.1 Å². The van der Waals surface area contributed by atoms with Gasteiger partial charge in [-0.3, -0.25) is 20.1 Å². The SMILES string of the molecule is O=C(NCc1cccnc1)C(NCc1cccnc1)c1cccc(O)c1. The van der Waals surface area contributed by atoms with Crippen molar-refractivity contribution in [1.82, 2.24) is 20.6 Å². The molecular weight excluding hydrogens is 328 g/mol. The Morgan fingerprint density at radius 2 is 1.65 bits per heavy atom. The van der Waals surface area contributed by atoms with Crippen molar-refractivity contribution in [3.63, 3.8) is 0 Å². The van der Waals surface area contributed by atoms with E-state index in [1.807, 2.05) is 30.3 Å². The monoisotopic (exact) mass is 348 g/mol. The van der Waals surface area contributed by atoms with Gasteiger partial charge in [-0.15, -0.1) is 0 Å². The normalized spacial score (nSPS) is 11.7. The summed E-state index contributed by atoms with van der Waals surface area (Å²) in [6, 6.07) is 13.6. The number of nitrogens with one attached hydrogen (secondary N) is 2. The Labute approximate surface area is 152 Å². The molecule has 0 fully saturated rings. The summed E-state index contributed by atoms with van der Waals surface area (Å²) in [5.41, 5.74) is 2.58. The molecule has 2 aromatic heterocycles. The molecule has 0 spiro atoms.